The molecular formula is C13H15ClF3N. The summed E-state index contributed by atoms with van der Waals surface area (Å²) >= 11 is 5.62. The van der Waals surface area contributed by atoms with Crippen molar-refractivity contribution < 1.29 is 13.2 Å². The van der Waals surface area contributed by atoms with Gasteiger partial charge >= 0.3 is 6.18 Å². The molecule has 0 saturated heterocycles. The zero-order valence-corrected chi connectivity index (χ0v) is 10.6. The number of halogens is 4. The van der Waals surface area contributed by atoms with Crippen molar-refractivity contribution in [3.05, 3.63) is 34.3 Å². The van der Waals surface area contributed by atoms with Crippen LogP contribution in [0, 0.1) is 0 Å². The normalized spacial score (nSPS) is 18.5. The van der Waals surface area contributed by atoms with Gasteiger partial charge in [-0.3, -0.25) is 0 Å². The summed E-state index contributed by atoms with van der Waals surface area (Å²) in [6, 6.07) is 4.24. The highest BCUT2D eigenvalue weighted by atomic mass is 35.5. The molecule has 0 radical (unpaired) electrons. The van der Waals surface area contributed by atoms with Crippen molar-refractivity contribution in [2.45, 2.75) is 37.3 Å². The minimum Gasteiger partial charge on any atom is -0.330 e. The third kappa shape index (κ3) is 2.36. The first-order valence-electron chi connectivity index (χ1n) is 5.96. The Morgan fingerprint density at radius 3 is 2.39 bits per heavy atom. The van der Waals surface area contributed by atoms with Gasteiger partial charge in [-0.2, -0.15) is 13.2 Å². The first kappa shape index (κ1) is 13.7. The van der Waals surface area contributed by atoms with Crippen LogP contribution in [0.2, 0.25) is 5.02 Å². The second-order valence-electron chi connectivity index (χ2n) is 4.86. The van der Waals surface area contributed by atoms with E-state index in [0.717, 1.165) is 31.2 Å². The topological polar surface area (TPSA) is 26.0 Å². The molecule has 1 aromatic carbocycles. The lowest BCUT2D eigenvalue weighted by Gasteiger charge is -2.42. The van der Waals surface area contributed by atoms with E-state index in [2.05, 4.69) is 0 Å². The van der Waals surface area contributed by atoms with E-state index in [0.29, 0.717) is 6.54 Å². The van der Waals surface area contributed by atoms with Gasteiger partial charge in [0.25, 0.3) is 0 Å². The van der Waals surface area contributed by atoms with Crippen LogP contribution in [0.5, 0.6) is 0 Å². The summed E-state index contributed by atoms with van der Waals surface area (Å²) in [6.07, 6.45) is -0.817. The van der Waals surface area contributed by atoms with Gasteiger partial charge in [-0.25, -0.2) is 0 Å². The van der Waals surface area contributed by atoms with E-state index in [1.54, 1.807) is 6.07 Å². The lowest BCUT2D eigenvalue weighted by atomic mass is 9.62. The molecule has 5 heteroatoms. The summed E-state index contributed by atoms with van der Waals surface area (Å²) < 4.78 is 38.4. The molecule has 0 bridgehead atoms. The van der Waals surface area contributed by atoms with Gasteiger partial charge in [0.1, 0.15) is 0 Å². The maximum Gasteiger partial charge on any atom is 0.417 e. The van der Waals surface area contributed by atoms with Crippen molar-refractivity contribution >= 4 is 11.6 Å². The van der Waals surface area contributed by atoms with Crippen molar-refractivity contribution in [1.82, 2.24) is 0 Å². The maximum absolute atomic E-state index is 12.8. The molecule has 0 aromatic heterocycles. The molecule has 1 aliphatic carbocycles. The van der Waals surface area contributed by atoms with E-state index in [1.165, 1.54) is 12.1 Å². The van der Waals surface area contributed by atoms with E-state index in [-0.39, 0.29) is 10.4 Å². The maximum atomic E-state index is 12.8. The Morgan fingerprint density at radius 2 is 1.94 bits per heavy atom. The fourth-order valence-electron chi connectivity index (χ4n) is 2.64. The molecule has 18 heavy (non-hydrogen) atoms. The van der Waals surface area contributed by atoms with Crippen LogP contribution in [0.15, 0.2) is 18.2 Å². The standard InChI is InChI=1S/C13H15ClF3N/c14-11-3-2-9(8-10(11)13(15,16)17)12(6-7-18)4-1-5-12/h2-3,8H,1,4-7,18H2. The van der Waals surface area contributed by atoms with Crippen LogP contribution in [-0.2, 0) is 11.6 Å². The average Bonchev–Trinajstić information content (AvgIpc) is 2.23. The van der Waals surface area contributed by atoms with Crippen LogP contribution < -0.4 is 5.73 Å². The molecule has 0 unspecified atom stereocenters. The van der Waals surface area contributed by atoms with Crippen LogP contribution >= 0.6 is 11.6 Å². The number of rotatable bonds is 3. The van der Waals surface area contributed by atoms with Crippen molar-refractivity contribution in [3.63, 3.8) is 0 Å². The molecule has 0 atom stereocenters. The van der Waals surface area contributed by atoms with Crippen LogP contribution in [0.4, 0.5) is 13.2 Å². The number of nitrogens with two attached hydrogens (primary N) is 1. The quantitative estimate of drug-likeness (QED) is 0.883. The van der Waals surface area contributed by atoms with Crippen LogP contribution in [0.3, 0.4) is 0 Å². The molecule has 1 aliphatic rings. The SMILES string of the molecule is NCCC1(c2ccc(Cl)c(C(F)(F)F)c2)CCC1. The van der Waals surface area contributed by atoms with E-state index >= 15 is 0 Å². The van der Waals surface area contributed by atoms with Gasteiger partial charge in [-0.15, -0.1) is 0 Å². The molecule has 0 spiro atoms. The fraction of sp³-hybridized carbons (Fsp3) is 0.538. The highest BCUT2D eigenvalue weighted by Gasteiger charge is 2.40. The summed E-state index contributed by atoms with van der Waals surface area (Å²) in [6.45, 7) is 0.490. The molecule has 100 valence electrons. The smallest absolute Gasteiger partial charge is 0.330 e. The number of hydrogen-bond donors (Lipinski definition) is 1. The summed E-state index contributed by atoms with van der Waals surface area (Å²) in [5.41, 5.74) is 5.37. The van der Waals surface area contributed by atoms with Gasteiger partial charge < -0.3 is 5.73 Å². The Kier molecular flexibility index (Phi) is 3.60. The molecule has 2 rings (SSSR count). The van der Waals surface area contributed by atoms with E-state index in [1.807, 2.05) is 0 Å². The van der Waals surface area contributed by atoms with Gasteiger partial charge in [0, 0.05) is 0 Å². The van der Waals surface area contributed by atoms with Crippen LogP contribution in [-0.4, -0.2) is 6.54 Å². The summed E-state index contributed by atoms with van der Waals surface area (Å²) in [4.78, 5) is 0. The van der Waals surface area contributed by atoms with Crippen molar-refractivity contribution in [1.29, 1.82) is 0 Å². The number of hydrogen-bond acceptors (Lipinski definition) is 1. The second-order valence-corrected chi connectivity index (χ2v) is 5.27. The lowest BCUT2D eigenvalue weighted by molar-refractivity contribution is -0.137. The zero-order chi connectivity index (χ0) is 13.4. The van der Waals surface area contributed by atoms with Crippen molar-refractivity contribution in [2.75, 3.05) is 6.54 Å². The van der Waals surface area contributed by atoms with Gasteiger partial charge in [-0.1, -0.05) is 24.1 Å². The fourth-order valence-corrected chi connectivity index (χ4v) is 2.86. The lowest BCUT2D eigenvalue weighted by Crippen LogP contribution is -2.36. The summed E-state index contributed by atoms with van der Waals surface area (Å²) in [5, 5.41) is -0.242. The molecule has 0 heterocycles. The predicted octanol–water partition coefficient (Wildman–Crippen LogP) is 4.13. The Balaban J connectivity index is 2.40. The minimum atomic E-state index is -4.40. The van der Waals surface area contributed by atoms with Crippen molar-refractivity contribution in [2.24, 2.45) is 5.73 Å². The monoisotopic (exact) mass is 277 g/mol. The van der Waals surface area contributed by atoms with Crippen LogP contribution in [0.25, 0.3) is 0 Å². The zero-order valence-electron chi connectivity index (χ0n) is 9.86. The van der Waals surface area contributed by atoms with Gasteiger partial charge in [-0.05, 0) is 48.9 Å². The summed E-state index contributed by atoms with van der Waals surface area (Å²) in [7, 11) is 0. The number of alkyl halides is 3. The predicted molar refractivity (Wildman–Crippen MR) is 65.7 cm³/mol. The molecule has 1 aromatic rings. The third-order valence-electron chi connectivity index (χ3n) is 3.82. The second kappa shape index (κ2) is 4.74. The van der Waals surface area contributed by atoms with Gasteiger partial charge in [0.05, 0.1) is 10.6 Å². The largest absolute Gasteiger partial charge is 0.417 e. The highest BCUT2D eigenvalue weighted by molar-refractivity contribution is 6.31. The molecule has 0 aliphatic heterocycles. The first-order chi connectivity index (χ1) is 8.39. The van der Waals surface area contributed by atoms with Gasteiger partial charge in [0.15, 0.2) is 0 Å². The first-order valence-corrected chi connectivity index (χ1v) is 6.34. The minimum absolute atomic E-state index is 0.167. The van der Waals surface area contributed by atoms with E-state index in [9.17, 15) is 13.2 Å². The Morgan fingerprint density at radius 1 is 1.28 bits per heavy atom. The molecule has 1 saturated carbocycles. The van der Waals surface area contributed by atoms with E-state index < -0.39 is 11.7 Å². The van der Waals surface area contributed by atoms with Gasteiger partial charge in [0.2, 0.25) is 0 Å². The molecule has 2 N–H and O–H groups in total. The third-order valence-corrected chi connectivity index (χ3v) is 4.15. The molecule has 1 fully saturated rings. The van der Waals surface area contributed by atoms with Crippen molar-refractivity contribution in [3.8, 4) is 0 Å². The molecule has 0 amide bonds. The Hall–Kier alpha value is -0.740. The Bertz CT molecular complexity index is 438. The number of benzene rings is 1. The molecular weight excluding hydrogens is 263 g/mol. The van der Waals surface area contributed by atoms with E-state index in [4.69, 9.17) is 17.3 Å². The highest BCUT2D eigenvalue weighted by Crippen LogP contribution is 2.48. The Labute approximate surface area is 109 Å². The molecule has 1 nitrogen and oxygen atoms in total. The summed E-state index contributed by atoms with van der Waals surface area (Å²) in [5.74, 6) is 0. The average molecular weight is 278 g/mol. The van der Waals surface area contributed by atoms with Crippen LogP contribution in [0.1, 0.15) is 36.8 Å².